The number of benzene rings is 1. The van der Waals surface area contributed by atoms with Crippen molar-refractivity contribution in [3.05, 3.63) is 67.6 Å². The minimum absolute atomic E-state index is 0.0333. The molecule has 0 bridgehead atoms. The SMILES string of the molecule is CC(=O)OCc1ccccc1C#Cc1nc2c(=O)n(C)c(=O)n(CC(C)C)c2nc1CO[Si](C)(C)C(C)(C)C. The normalized spacial score (nSPS) is 11.9. The van der Waals surface area contributed by atoms with Gasteiger partial charge in [-0.05, 0) is 36.0 Å². The molecule has 10 heteroatoms. The molecule has 0 saturated heterocycles. The highest BCUT2D eigenvalue weighted by atomic mass is 28.4. The molecular weight excluding hydrogens is 512 g/mol. The van der Waals surface area contributed by atoms with E-state index in [0.717, 1.165) is 10.1 Å². The number of ether oxygens (including phenoxy) is 1. The van der Waals surface area contributed by atoms with Crippen LogP contribution >= 0.6 is 0 Å². The summed E-state index contributed by atoms with van der Waals surface area (Å²) in [6, 6.07) is 7.34. The molecule has 3 aromatic rings. The first-order valence-corrected chi connectivity index (χ1v) is 15.9. The lowest BCUT2D eigenvalue weighted by Gasteiger charge is -2.36. The summed E-state index contributed by atoms with van der Waals surface area (Å²) in [7, 11) is -0.727. The van der Waals surface area contributed by atoms with Crippen LogP contribution in [0, 0.1) is 17.8 Å². The predicted octanol–water partition coefficient (Wildman–Crippen LogP) is 4.13. The highest BCUT2D eigenvalue weighted by Crippen LogP contribution is 2.37. The van der Waals surface area contributed by atoms with Crippen LogP contribution in [0.15, 0.2) is 33.9 Å². The van der Waals surface area contributed by atoms with Crippen LogP contribution < -0.4 is 11.2 Å². The van der Waals surface area contributed by atoms with Gasteiger partial charge in [0, 0.05) is 31.6 Å². The Labute approximate surface area is 230 Å². The molecular formula is C29H38N4O5Si. The molecule has 0 aliphatic heterocycles. The molecule has 0 N–H and O–H groups in total. The smallest absolute Gasteiger partial charge is 0.332 e. The molecule has 0 aliphatic carbocycles. The predicted molar refractivity (Wildman–Crippen MR) is 154 cm³/mol. The minimum Gasteiger partial charge on any atom is -0.461 e. The lowest BCUT2D eigenvalue weighted by Crippen LogP contribution is -2.41. The number of esters is 1. The Morgan fingerprint density at radius 1 is 1.08 bits per heavy atom. The highest BCUT2D eigenvalue weighted by molar-refractivity contribution is 6.74. The van der Waals surface area contributed by atoms with Gasteiger partial charge in [0.2, 0.25) is 0 Å². The summed E-state index contributed by atoms with van der Waals surface area (Å²) in [6.45, 7) is 16.7. The van der Waals surface area contributed by atoms with Gasteiger partial charge < -0.3 is 9.16 Å². The Morgan fingerprint density at radius 2 is 1.74 bits per heavy atom. The number of rotatable bonds is 7. The van der Waals surface area contributed by atoms with Crippen molar-refractivity contribution in [2.75, 3.05) is 0 Å². The van der Waals surface area contributed by atoms with E-state index < -0.39 is 19.6 Å². The van der Waals surface area contributed by atoms with Crippen molar-refractivity contribution in [3.63, 3.8) is 0 Å². The van der Waals surface area contributed by atoms with Crippen LogP contribution in [0.25, 0.3) is 11.2 Å². The molecule has 1 aromatic carbocycles. The van der Waals surface area contributed by atoms with E-state index in [0.29, 0.717) is 23.5 Å². The van der Waals surface area contributed by atoms with Crippen molar-refractivity contribution in [1.82, 2.24) is 19.1 Å². The van der Waals surface area contributed by atoms with E-state index in [4.69, 9.17) is 14.1 Å². The molecule has 0 unspecified atom stereocenters. The Morgan fingerprint density at radius 3 is 2.36 bits per heavy atom. The second-order valence-corrected chi connectivity index (χ2v) is 16.4. The Balaban J connectivity index is 2.24. The van der Waals surface area contributed by atoms with Crippen molar-refractivity contribution in [1.29, 1.82) is 0 Å². The maximum atomic E-state index is 13.1. The second kappa shape index (κ2) is 11.7. The van der Waals surface area contributed by atoms with Gasteiger partial charge in [0.25, 0.3) is 5.56 Å². The summed E-state index contributed by atoms with van der Waals surface area (Å²) in [6.07, 6.45) is 0. The van der Waals surface area contributed by atoms with Gasteiger partial charge in [-0.1, -0.05) is 58.7 Å². The van der Waals surface area contributed by atoms with E-state index in [-0.39, 0.29) is 41.3 Å². The first kappa shape index (κ1) is 30.0. The van der Waals surface area contributed by atoms with E-state index in [9.17, 15) is 14.4 Å². The Kier molecular flexibility index (Phi) is 8.98. The van der Waals surface area contributed by atoms with Crippen molar-refractivity contribution >= 4 is 25.5 Å². The fourth-order valence-corrected chi connectivity index (χ4v) is 4.51. The van der Waals surface area contributed by atoms with Gasteiger partial charge in [-0.15, -0.1) is 0 Å². The summed E-state index contributed by atoms with van der Waals surface area (Å²) >= 11 is 0. The fraction of sp³-hybridized carbons (Fsp3) is 0.483. The van der Waals surface area contributed by atoms with Gasteiger partial charge in [-0.2, -0.15) is 0 Å². The molecule has 39 heavy (non-hydrogen) atoms. The van der Waals surface area contributed by atoms with E-state index in [1.54, 1.807) is 0 Å². The quantitative estimate of drug-likeness (QED) is 0.247. The van der Waals surface area contributed by atoms with E-state index in [1.807, 2.05) is 38.1 Å². The van der Waals surface area contributed by atoms with Crippen molar-refractivity contribution in [2.45, 2.75) is 79.4 Å². The molecule has 0 aliphatic rings. The van der Waals surface area contributed by atoms with Gasteiger partial charge in [0.05, 0.1) is 6.61 Å². The van der Waals surface area contributed by atoms with Crippen LogP contribution in [-0.2, 0) is 40.8 Å². The zero-order valence-corrected chi connectivity index (χ0v) is 25.3. The fourth-order valence-electron chi connectivity index (χ4n) is 3.58. The van der Waals surface area contributed by atoms with Crippen LogP contribution in [0.4, 0.5) is 0 Å². The number of hydrogen-bond acceptors (Lipinski definition) is 7. The van der Waals surface area contributed by atoms with Gasteiger partial charge in [0.15, 0.2) is 19.5 Å². The second-order valence-electron chi connectivity index (χ2n) is 11.6. The molecule has 0 atom stereocenters. The van der Waals surface area contributed by atoms with Crippen LogP contribution in [0.1, 0.15) is 64.1 Å². The lowest BCUT2D eigenvalue weighted by atomic mass is 10.1. The maximum Gasteiger partial charge on any atom is 0.332 e. The van der Waals surface area contributed by atoms with Crippen LogP contribution in [-0.4, -0.2) is 33.4 Å². The molecule has 9 nitrogen and oxygen atoms in total. The molecule has 0 fully saturated rings. The van der Waals surface area contributed by atoms with E-state index in [2.05, 4.69) is 50.7 Å². The van der Waals surface area contributed by atoms with Crippen molar-refractivity contribution in [2.24, 2.45) is 13.0 Å². The zero-order valence-electron chi connectivity index (χ0n) is 24.3. The monoisotopic (exact) mass is 550 g/mol. The molecule has 0 radical (unpaired) electrons. The molecule has 0 saturated carbocycles. The Bertz CT molecular complexity index is 1570. The minimum atomic E-state index is -2.16. The number of fused-ring (bicyclic) bond motifs is 1. The van der Waals surface area contributed by atoms with Crippen LogP contribution in [0.3, 0.4) is 0 Å². The molecule has 208 valence electrons. The zero-order chi connectivity index (χ0) is 29.1. The first-order chi connectivity index (χ1) is 18.1. The van der Waals surface area contributed by atoms with Crippen LogP contribution in [0.5, 0.6) is 0 Å². The van der Waals surface area contributed by atoms with E-state index in [1.165, 1.54) is 18.5 Å². The third kappa shape index (κ3) is 6.91. The summed E-state index contributed by atoms with van der Waals surface area (Å²) in [5.41, 5.74) is 1.50. The van der Waals surface area contributed by atoms with Gasteiger partial charge in [-0.25, -0.2) is 14.8 Å². The molecule has 2 heterocycles. The maximum absolute atomic E-state index is 13.1. The first-order valence-electron chi connectivity index (χ1n) is 13.0. The van der Waals surface area contributed by atoms with Gasteiger partial charge >= 0.3 is 11.7 Å². The average molecular weight is 551 g/mol. The number of nitrogens with zero attached hydrogens (tertiary/aromatic N) is 4. The number of carbonyl (C=O) groups excluding carboxylic acids is 1. The number of carbonyl (C=O) groups is 1. The van der Waals surface area contributed by atoms with Crippen LogP contribution in [0.2, 0.25) is 18.1 Å². The lowest BCUT2D eigenvalue weighted by molar-refractivity contribution is -0.142. The third-order valence-electron chi connectivity index (χ3n) is 6.92. The number of hydrogen-bond donors (Lipinski definition) is 0. The van der Waals surface area contributed by atoms with Crippen molar-refractivity contribution in [3.8, 4) is 11.8 Å². The summed E-state index contributed by atoms with van der Waals surface area (Å²) in [5, 5.41) is -0.0333. The molecule has 0 spiro atoms. The molecule has 3 rings (SSSR count). The molecule has 2 aromatic heterocycles. The van der Waals surface area contributed by atoms with Gasteiger partial charge in [-0.3, -0.25) is 18.7 Å². The topological polar surface area (TPSA) is 105 Å². The summed E-state index contributed by atoms with van der Waals surface area (Å²) in [5.74, 6) is 5.96. The van der Waals surface area contributed by atoms with Gasteiger partial charge in [0.1, 0.15) is 18.0 Å². The largest absolute Gasteiger partial charge is 0.461 e. The Hall–Kier alpha value is -3.55. The summed E-state index contributed by atoms with van der Waals surface area (Å²) < 4.78 is 14.2. The van der Waals surface area contributed by atoms with Crippen molar-refractivity contribution < 1.29 is 14.0 Å². The number of aromatic nitrogens is 4. The summed E-state index contributed by atoms with van der Waals surface area (Å²) in [4.78, 5) is 46.9. The van der Waals surface area contributed by atoms with E-state index >= 15 is 0 Å². The standard InChI is InChI=1S/C29H38N4O5Si/c1-19(2)16-33-26-25(27(35)32(7)28(33)36)30-23(24(31-26)18-38-39(8,9)29(4,5)6)15-14-21-12-10-11-13-22(21)17-37-20(3)34/h10-13,19H,16-18H2,1-9H3. The molecule has 0 amide bonds. The average Bonchev–Trinajstić information content (AvgIpc) is 2.85. The third-order valence-corrected chi connectivity index (χ3v) is 11.4. The highest BCUT2D eigenvalue weighted by Gasteiger charge is 2.37.